The van der Waals surface area contributed by atoms with E-state index in [-0.39, 0.29) is 24.0 Å². The molecule has 8 heteroatoms. The van der Waals surface area contributed by atoms with Crippen LogP contribution in [0.15, 0.2) is 21.6 Å². The zero-order valence-electron chi connectivity index (χ0n) is 14.2. The quantitative estimate of drug-likeness (QED) is 0.299. The number of nitrogens with zero attached hydrogens (tertiary/aromatic N) is 2. The number of hydrogen-bond acceptors (Lipinski definition) is 4. The number of hydrogen-bond donors (Lipinski definition) is 2. The number of nitrogens with one attached hydrogen (secondary N) is 2. The summed E-state index contributed by atoms with van der Waals surface area (Å²) in [6, 6.07) is 4.33. The lowest BCUT2D eigenvalue weighted by Crippen LogP contribution is -2.38. The third-order valence-electron chi connectivity index (χ3n) is 3.56. The number of aliphatic imine (C=N–C) groups is 1. The summed E-state index contributed by atoms with van der Waals surface area (Å²) in [4.78, 5) is 5.67. The maximum Gasteiger partial charge on any atom is 0.191 e. The number of halogens is 2. The lowest BCUT2D eigenvalue weighted by atomic mass is 10.1. The molecule has 0 aliphatic carbocycles. The van der Waals surface area contributed by atoms with Crippen LogP contribution < -0.4 is 10.6 Å². The predicted molar refractivity (Wildman–Crippen MR) is 120 cm³/mol. The summed E-state index contributed by atoms with van der Waals surface area (Å²) in [5.74, 6) is 1.76. The molecule has 24 heavy (non-hydrogen) atoms. The van der Waals surface area contributed by atoms with Crippen molar-refractivity contribution in [2.75, 3.05) is 13.6 Å². The molecule has 0 unspecified atom stereocenters. The minimum absolute atomic E-state index is 0. The van der Waals surface area contributed by atoms with Gasteiger partial charge in [-0.25, -0.2) is 0 Å². The highest BCUT2D eigenvalue weighted by atomic mass is 127. The highest BCUT2D eigenvalue weighted by Crippen LogP contribution is 2.18. The Morgan fingerprint density at radius 2 is 2.08 bits per heavy atom. The standard InChI is InChI=1S/C16H23IN4OS.HI/c1-4-13-12(14(5-2)22-21-13)10-20-16(18-3)19-9-8-11-6-7-15(17)23-11;/h6-7H,4-5,8-10H2,1-3H3,(H2,18,19,20);1H. The molecule has 0 amide bonds. The van der Waals surface area contributed by atoms with Gasteiger partial charge in [-0.15, -0.1) is 35.3 Å². The minimum Gasteiger partial charge on any atom is -0.361 e. The van der Waals surface area contributed by atoms with Crippen molar-refractivity contribution in [1.29, 1.82) is 0 Å². The first-order valence-electron chi connectivity index (χ1n) is 7.82. The fourth-order valence-corrected chi connectivity index (χ4v) is 4.08. The molecule has 0 atom stereocenters. The van der Waals surface area contributed by atoms with Crippen LogP contribution in [0.25, 0.3) is 0 Å². The third kappa shape index (κ3) is 6.17. The number of aryl methyl sites for hydroxylation is 2. The van der Waals surface area contributed by atoms with Crippen molar-refractivity contribution in [2.24, 2.45) is 4.99 Å². The molecule has 0 aliphatic rings. The van der Waals surface area contributed by atoms with E-state index >= 15 is 0 Å². The van der Waals surface area contributed by atoms with Gasteiger partial charge in [0.15, 0.2) is 5.96 Å². The first-order valence-corrected chi connectivity index (χ1v) is 9.72. The van der Waals surface area contributed by atoms with Gasteiger partial charge < -0.3 is 15.2 Å². The van der Waals surface area contributed by atoms with Crippen LogP contribution in [0.1, 0.15) is 35.7 Å². The SMILES string of the molecule is CCc1noc(CC)c1CNC(=NC)NCCc1ccc(I)s1.I. The summed E-state index contributed by atoms with van der Waals surface area (Å²) in [7, 11) is 1.79. The van der Waals surface area contributed by atoms with E-state index in [9.17, 15) is 0 Å². The molecule has 0 saturated heterocycles. The number of thiophene rings is 1. The maximum absolute atomic E-state index is 5.39. The Labute approximate surface area is 178 Å². The van der Waals surface area contributed by atoms with Gasteiger partial charge in [0.1, 0.15) is 5.76 Å². The van der Waals surface area contributed by atoms with E-state index in [0.29, 0.717) is 6.54 Å². The molecule has 5 nitrogen and oxygen atoms in total. The van der Waals surface area contributed by atoms with Crippen LogP contribution in [-0.2, 0) is 25.8 Å². The van der Waals surface area contributed by atoms with Crippen molar-refractivity contribution in [2.45, 2.75) is 39.7 Å². The fourth-order valence-electron chi connectivity index (χ4n) is 2.32. The van der Waals surface area contributed by atoms with Crippen molar-refractivity contribution < 1.29 is 4.52 Å². The van der Waals surface area contributed by atoms with Gasteiger partial charge in [0.05, 0.1) is 8.58 Å². The van der Waals surface area contributed by atoms with E-state index in [2.05, 4.69) is 69.4 Å². The molecule has 2 N–H and O–H groups in total. The summed E-state index contributed by atoms with van der Waals surface area (Å²) in [5.41, 5.74) is 2.18. The largest absolute Gasteiger partial charge is 0.361 e. The van der Waals surface area contributed by atoms with E-state index in [1.807, 2.05) is 11.3 Å². The van der Waals surface area contributed by atoms with Gasteiger partial charge in [0.25, 0.3) is 0 Å². The number of aromatic nitrogens is 1. The van der Waals surface area contributed by atoms with Crippen molar-refractivity contribution in [3.8, 4) is 0 Å². The predicted octanol–water partition coefficient (Wildman–Crippen LogP) is 3.99. The molecule has 0 aliphatic heterocycles. The molecule has 0 aromatic carbocycles. The summed E-state index contributed by atoms with van der Waals surface area (Å²) < 4.78 is 6.72. The molecule has 2 rings (SSSR count). The van der Waals surface area contributed by atoms with Gasteiger partial charge in [-0.3, -0.25) is 4.99 Å². The van der Waals surface area contributed by atoms with E-state index < -0.39 is 0 Å². The van der Waals surface area contributed by atoms with Crippen LogP contribution in [0.4, 0.5) is 0 Å². The molecule has 0 bridgehead atoms. The van der Waals surface area contributed by atoms with Crippen LogP contribution in [0.2, 0.25) is 0 Å². The summed E-state index contributed by atoms with van der Waals surface area (Å²) in [6.45, 7) is 5.72. The van der Waals surface area contributed by atoms with Gasteiger partial charge in [0.2, 0.25) is 0 Å². The Morgan fingerprint density at radius 3 is 2.67 bits per heavy atom. The Hall–Kier alpha value is -0.360. The smallest absolute Gasteiger partial charge is 0.191 e. The average molecular weight is 574 g/mol. The molecule has 0 radical (unpaired) electrons. The molecule has 2 heterocycles. The van der Waals surface area contributed by atoms with Crippen molar-refractivity contribution >= 4 is 63.9 Å². The van der Waals surface area contributed by atoms with Crippen LogP contribution in [0, 0.1) is 2.88 Å². The van der Waals surface area contributed by atoms with Crippen molar-refractivity contribution in [3.05, 3.63) is 36.9 Å². The van der Waals surface area contributed by atoms with Gasteiger partial charge in [-0.2, -0.15) is 0 Å². The Bertz CT molecular complexity index is 633. The Balaban J connectivity index is 0.00000288. The van der Waals surface area contributed by atoms with E-state index in [1.54, 1.807) is 7.05 Å². The highest BCUT2D eigenvalue weighted by molar-refractivity contribution is 14.1. The van der Waals surface area contributed by atoms with E-state index in [1.165, 1.54) is 7.76 Å². The van der Waals surface area contributed by atoms with Crippen LogP contribution in [-0.4, -0.2) is 24.7 Å². The van der Waals surface area contributed by atoms with Gasteiger partial charge in [0, 0.05) is 37.0 Å². The molecular weight excluding hydrogens is 550 g/mol. The summed E-state index contributed by atoms with van der Waals surface area (Å²) >= 11 is 4.19. The molecule has 0 spiro atoms. The van der Waals surface area contributed by atoms with Crippen LogP contribution >= 0.6 is 57.9 Å². The number of rotatable bonds is 7. The van der Waals surface area contributed by atoms with Crippen LogP contribution in [0.5, 0.6) is 0 Å². The normalized spacial score (nSPS) is 11.2. The lowest BCUT2D eigenvalue weighted by Gasteiger charge is -2.11. The van der Waals surface area contributed by atoms with Gasteiger partial charge in [-0.05, 0) is 47.6 Å². The second-order valence-corrected chi connectivity index (χ2v) is 8.11. The number of guanidine groups is 1. The average Bonchev–Trinajstić information content (AvgIpc) is 3.16. The summed E-state index contributed by atoms with van der Waals surface area (Å²) in [5, 5.41) is 10.8. The van der Waals surface area contributed by atoms with Crippen molar-refractivity contribution in [1.82, 2.24) is 15.8 Å². The molecule has 2 aromatic rings. The monoisotopic (exact) mass is 574 g/mol. The van der Waals surface area contributed by atoms with Gasteiger partial charge >= 0.3 is 0 Å². The Morgan fingerprint density at radius 1 is 1.29 bits per heavy atom. The van der Waals surface area contributed by atoms with Gasteiger partial charge in [-0.1, -0.05) is 19.0 Å². The second kappa shape index (κ2) is 11.3. The maximum atomic E-state index is 5.39. The first-order chi connectivity index (χ1) is 11.2. The zero-order valence-corrected chi connectivity index (χ0v) is 19.5. The molecule has 0 fully saturated rings. The van der Waals surface area contributed by atoms with E-state index in [4.69, 9.17) is 4.52 Å². The first kappa shape index (κ1) is 21.7. The second-order valence-electron chi connectivity index (χ2n) is 5.05. The molecular formula is C16H24I2N4OS. The third-order valence-corrected chi connectivity index (χ3v) is 5.51. The van der Waals surface area contributed by atoms with Crippen molar-refractivity contribution in [3.63, 3.8) is 0 Å². The summed E-state index contributed by atoms with van der Waals surface area (Å²) in [6.07, 6.45) is 2.73. The highest BCUT2D eigenvalue weighted by Gasteiger charge is 2.13. The zero-order chi connectivity index (χ0) is 16.7. The molecule has 2 aromatic heterocycles. The minimum atomic E-state index is 0. The fraction of sp³-hybridized carbons (Fsp3) is 0.500. The topological polar surface area (TPSA) is 62.5 Å². The molecule has 134 valence electrons. The van der Waals surface area contributed by atoms with Crippen LogP contribution in [0.3, 0.4) is 0 Å². The molecule has 0 saturated carbocycles. The lowest BCUT2D eigenvalue weighted by molar-refractivity contribution is 0.380. The Kier molecular flexibility index (Phi) is 10.2. The van der Waals surface area contributed by atoms with E-state index in [0.717, 1.165) is 48.8 Å².